The van der Waals surface area contributed by atoms with Gasteiger partial charge in [0.05, 0.1) is 28.8 Å². The molecule has 1 aliphatic heterocycles. The number of anilines is 1. The molecule has 206 valence electrons. The molecule has 2 fully saturated rings. The Morgan fingerprint density at radius 1 is 0.925 bits per heavy atom. The minimum atomic E-state index is -1.37. The van der Waals surface area contributed by atoms with Crippen molar-refractivity contribution in [3.63, 3.8) is 0 Å². The van der Waals surface area contributed by atoms with E-state index >= 15 is 0 Å². The smallest absolute Gasteiger partial charge is 0.338 e. The second-order valence-corrected chi connectivity index (χ2v) is 10.8. The normalized spacial score (nSPS) is 15.8. The first-order chi connectivity index (χ1) is 19.3. The summed E-state index contributed by atoms with van der Waals surface area (Å²) in [6.45, 7) is 2.74. The molecule has 1 N–H and O–H groups in total. The Kier molecular flexibility index (Phi) is 6.83. The SMILES string of the molecule is O=C(O)c1cccc(Cn2c(=O)n(-c3ccc(N4CCN(C(=O)C5CCC5)CC4)cc3)c3cc(Cl)ccc32)c1F. The van der Waals surface area contributed by atoms with Crippen LogP contribution in [0.5, 0.6) is 0 Å². The van der Waals surface area contributed by atoms with Crippen LogP contribution in [0, 0.1) is 11.7 Å². The van der Waals surface area contributed by atoms with E-state index in [4.69, 9.17) is 11.6 Å². The lowest BCUT2D eigenvalue weighted by molar-refractivity contribution is -0.138. The summed E-state index contributed by atoms with van der Waals surface area (Å²) in [5.41, 5.74) is 1.99. The van der Waals surface area contributed by atoms with E-state index in [0.717, 1.165) is 38.0 Å². The maximum absolute atomic E-state index is 14.9. The molecule has 10 heteroatoms. The van der Waals surface area contributed by atoms with E-state index < -0.39 is 23.0 Å². The van der Waals surface area contributed by atoms with Crippen molar-refractivity contribution >= 4 is 40.2 Å². The zero-order valence-electron chi connectivity index (χ0n) is 21.7. The van der Waals surface area contributed by atoms with Crippen LogP contribution in [0.4, 0.5) is 10.1 Å². The summed E-state index contributed by atoms with van der Waals surface area (Å²) >= 11 is 6.29. The highest BCUT2D eigenvalue weighted by Crippen LogP contribution is 2.29. The van der Waals surface area contributed by atoms with E-state index in [2.05, 4.69) is 4.90 Å². The molecule has 0 unspecified atom stereocenters. The summed E-state index contributed by atoms with van der Waals surface area (Å²) in [5, 5.41) is 9.75. The standard InChI is InChI=1S/C30H28ClFN4O4/c31-21-7-12-25-26(17-21)36(30(40)35(25)18-20-5-2-6-24(27(20)32)29(38)39)23-10-8-22(9-11-23)33-13-15-34(16-14-33)28(37)19-3-1-4-19/h2,5-12,17,19H,1,3-4,13-16,18H2,(H,38,39). The lowest BCUT2D eigenvalue weighted by Gasteiger charge is -2.39. The van der Waals surface area contributed by atoms with E-state index in [1.165, 1.54) is 27.3 Å². The summed E-state index contributed by atoms with van der Waals surface area (Å²) in [6, 6.07) is 16.8. The first-order valence-corrected chi connectivity index (χ1v) is 13.8. The summed E-state index contributed by atoms with van der Waals surface area (Å²) in [6.07, 6.45) is 3.15. The van der Waals surface area contributed by atoms with Crippen LogP contribution in [-0.4, -0.2) is 57.2 Å². The Balaban J connectivity index is 1.29. The van der Waals surface area contributed by atoms with Gasteiger partial charge in [-0.05, 0) is 61.4 Å². The van der Waals surface area contributed by atoms with Crippen molar-refractivity contribution < 1.29 is 19.1 Å². The number of amides is 1. The van der Waals surface area contributed by atoms with Crippen LogP contribution in [0.25, 0.3) is 16.7 Å². The quantitative estimate of drug-likeness (QED) is 0.365. The Morgan fingerprint density at radius 2 is 1.62 bits per heavy atom. The highest BCUT2D eigenvalue weighted by Gasteiger charge is 2.31. The number of carboxylic acid groups (broad SMARTS) is 1. The number of hydrogen-bond acceptors (Lipinski definition) is 4. The van der Waals surface area contributed by atoms with Gasteiger partial charge in [-0.15, -0.1) is 0 Å². The maximum Gasteiger partial charge on any atom is 0.338 e. The van der Waals surface area contributed by atoms with Gasteiger partial charge in [0.25, 0.3) is 0 Å². The van der Waals surface area contributed by atoms with E-state index in [9.17, 15) is 23.9 Å². The number of carbonyl (C=O) groups is 2. The zero-order valence-corrected chi connectivity index (χ0v) is 22.5. The van der Waals surface area contributed by atoms with Crippen molar-refractivity contribution in [1.82, 2.24) is 14.0 Å². The van der Waals surface area contributed by atoms with Crippen molar-refractivity contribution in [2.24, 2.45) is 5.92 Å². The second-order valence-electron chi connectivity index (χ2n) is 10.4. The average Bonchev–Trinajstić information content (AvgIpc) is 3.18. The molecule has 0 radical (unpaired) electrons. The molecule has 40 heavy (non-hydrogen) atoms. The van der Waals surface area contributed by atoms with E-state index in [1.54, 1.807) is 18.2 Å². The fourth-order valence-electron chi connectivity index (χ4n) is 5.58. The number of aromatic nitrogens is 2. The van der Waals surface area contributed by atoms with Gasteiger partial charge in [-0.1, -0.05) is 30.2 Å². The van der Waals surface area contributed by atoms with Crippen LogP contribution in [-0.2, 0) is 11.3 Å². The molecule has 8 nitrogen and oxygen atoms in total. The van der Waals surface area contributed by atoms with Gasteiger partial charge in [0.15, 0.2) is 0 Å². The highest BCUT2D eigenvalue weighted by molar-refractivity contribution is 6.31. The number of nitrogens with zero attached hydrogens (tertiary/aromatic N) is 4. The Labute approximate surface area is 234 Å². The van der Waals surface area contributed by atoms with Crippen LogP contribution < -0.4 is 10.6 Å². The molecule has 2 heterocycles. The Morgan fingerprint density at radius 3 is 2.27 bits per heavy atom. The van der Waals surface area contributed by atoms with Gasteiger partial charge in [0.2, 0.25) is 5.91 Å². The number of imidazole rings is 1. The van der Waals surface area contributed by atoms with E-state index in [0.29, 0.717) is 34.8 Å². The van der Waals surface area contributed by atoms with Crippen LogP contribution in [0.3, 0.4) is 0 Å². The summed E-state index contributed by atoms with van der Waals surface area (Å²) in [7, 11) is 0. The molecular formula is C30H28ClFN4O4. The number of aromatic carboxylic acids is 1. The minimum Gasteiger partial charge on any atom is -0.478 e. The number of carboxylic acids is 1. The highest BCUT2D eigenvalue weighted by atomic mass is 35.5. The molecule has 3 aromatic carbocycles. The summed E-state index contributed by atoms with van der Waals surface area (Å²) in [5.74, 6) is -1.74. The number of halogens is 2. The summed E-state index contributed by atoms with van der Waals surface area (Å²) < 4.78 is 17.9. The number of carbonyl (C=O) groups excluding carboxylic acids is 1. The Hall–Kier alpha value is -4.11. The van der Waals surface area contributed by atoms with Gasteiger partial charge < -0.3 is 14.9 Å². The maximum atomic E-state index is 14.9. The first kappa shape index (κ1) is 26.1. The molecule has 2 aliphatic rings. The van der Waals surface area contributed by atoms with Crippen LogP contribution >= 0.6 is 11.6 Å². The average molecular weight is 563 g/mol. The number of rotatable bonds is 6. The predicted molar refractivity (Wildman–Crippen MR) is 151 cm³/mol. The van der Waals surface area contributed by atoms with Crippen LogP contribution in [0.1, 0.15) is 35.2 Å². The van der Waals surface area contributed by atoms with Crippen molar-refractivity contribution in [3.05, 3.63) is 93.1 Å². The molecule has 6 rings (SSSR count). The first-order valence-electron chi connectivity index (χ1n) is 13.4. The fourth-order valence-corrected chi connectivity index (χ4v) is 5.75. The molecule has 1 aliphatic carbocycles. The van der Waals surface area contributed by atoms with Gasteiger partial charge in [-0.25, -0.2) is 14.0 Å². The van der Waals surface area contributed by atoms with Gasteiger partial charge in [-0.2, -0.15) is 0 Å². The topological polar surface area (TPSA) is 87.8 Å². The molecule has 1 aromatic heterocycles. The van der Waals surface area contributed by atoms with Gasteiger partial charge >= 0.3 is 11.7 Å². The second kappa shape index (κ2) is 10.5. The lowest BCUT2D eigenvalue weighted by atomic mass is 9.84. The number of hydrogen-bond donors (Lipinski definition) is 1. The fraction of sp³-hybridized carbons (Fsp3) is 0.300. The van der Waals surface area contributed by atoms with Crippen molar-refractivity contribution in [2.45, 2.75) is 25.8 Å². The number of fused-ring (bicyclic) bond motifs is 1. The van der Waals surface area contributed by atoms with E-state index in [1.807, 2.05) is 29.2 Å². The molecule has 1 saturated heterocycles. The van der Waals surface area contributed by atoms with Crippen LogP contribution in [0.2, 0.25) is 5.02 Å². The third-order valence-electron chi connectivity index (χ3n) is 8.05. The predicted octanol–water partition coefficient (Wildman–Crippen LogP) is 4.78. The molecule has 1 saturated carbocycles. The third kappa shape index (κ3) is 4.64. The Bertz CT molecular complexity index is 1670. The minimum absolute atomic E-state index is 0.0984. The van der Waals surface area contributed by atoms with Crippen molar-refractivity contribution in [2.75, 3.05) is 31.1 Å². The molecule has 1 amide bonds. The lowest BCUT2D eigenvalue weighted by Crippen LogP contribution is -2.51. The van der Waals surface area contributed by atoms with Gasteiger partial charge in [0, 0.05) is 48.4 Å². The van der Waals surface area contributed by atoms with Gasteiger partial charge in [-0.3, -0.25) is 13.9 Å². The molecule has 4 aromatic rings. The molecule has 0 atom stereocenters. The largest absolute Gasteiger partial charge is 0.478 e. The molecule has 0 spiro atoms. The zero-order chi connectivity index (χ0) is 28.0. The van der Waals surface area contributed by atoms with Crippen molar-refractivity contribution in [1.29, 1.82) is 0 Å². The monoisotopic (exact) mass is 562 g/mol. The summed E-state index contributed by atoms with van der Waals surface area (Å²) in [4.78, 5) is 41.9. The van der Waals surface area contributed by atoms with E-state index in [-0.39, 0.29) is 23.9 Å². The number of benzene rings is 3. The van der Waals surface area contributed by atoms with Crippen molar-refractivity contribution in [3.8, 4) is 5.69 Å². The van der Waals surface area contributed by atoms with Gasteiger partial charge in [0.1, 0.15) is 5.82 Å². The molecular weight excluding hydrogens is 535 g/mol. The molecule has 0 bridgehead atoms. The third-order valence-corrected chi connectivity index (χ3v) is 8.28. The van der Waals surface area contributed by atoms with Crippen LogP contribution in [0.15, 0.2) is 65.5 Å². The number of piperazine rings is 1.